The van der Waals surface area contributed by atoms with Crippen LogP contribution in [0.5, 0.6) is 0 Å². The van der Waals surface area contributed by atoms with E-state index in [0.29, 0.717) is 12.2 Å². The first-order chi connectivity index (χ1) is 10.1. The molecule has 0 aromatic heterocycles. The fourth-order valence-electron chi connectivity index (χ4n) is 3.05. The molecule has 1 unspecified atom stereocenters. The highest BCUT2D eigenvalue weighted by molar-refractivity contribution is 7.93. The van der Waals surface area contributed by atoms with Crippen molar-refractivity contribution < 1.29 is 8.42 Å². The predicted molar refractivity (Wildman–Crippen MR) is 86.3 cm³/mol. The molecule has 5 nitrogen and oxygen atoms in total. The summed E-state index contributed by atoms with van der Waals surface area (Å²) in [6.45, 7) is 3.65. The van der Waals surface area contributed by atoms with Crippen LogP contribution < -0.4 is 14.9 Å². The number of anilines is 2. The summed E-state index contributed by atoms with van der Waals surface area (Å²) in [7, 11) is -3.29. The van der Waals surface area contributed by atoms with Crippen LogP contribution >= 0.6 is 0 Å². The van der Waals surface area contributed by atoms with E-state index in [9.17, 15) is 8.42 Å². The van der Waals surface area contributed by atoms with Gasteiger partial charge >= 0.3 is 0 Å². The molecule has 2 N–H and O–H groups in total. The van der Waals surface area contributed by atoms with Crippen molar-refractivity contribution in [3.05, 3.63) is 24.3 Å². The number of nitrogens with zero attached hydrogens (tertiary/aromatic N) is 1. The molecule has 116 valence electrons. The van der Waals surface area contributed by atoms with Gasteiger partial charge in [0, 0.05) is 31.0 Å². The number of benzene rings is 1. The van der Waals surface area contributed by atoms with Crippen molar-refractivity contribution in [1.82, 2.24) is 5.32 Å². The van der Waals surface area contributed by atoms with Gasteiger partial charge in [0.05, 0.1) is 5.25 Å². The molecule has 0 radical (unpaired) electrons. The van der Waals surface area contributed by atoms with E-state index < -0.39 is 10.0 Å². The highest BCUT2D eigenvalue weighted by Crippen LogP contribution is 2.23. The van der Waals surface area contributed by atoms with Gasteiger partial charge in [-0.1, -0.05) is 0 Å². The lowest BCUT2D eigenvalue weighted by Crippen LogP contribution is -2.41. The molecule has 0 bridgehead atoms. The fourth-order valence-corrected chi connectivity index (χ4v) is 4.49. The van der Waals surface area contributed by atoms with Gasteiger partial charge in [0.1, 0.15) is 0 Å². The van der Waals surface area contributed by atoms with Crippen LogP contribution in [0.15, 0.2) is 24.3 Å². The molecule has 2 aliphatic heterocycles. The minimum absolute atomic E-state index is 0.329. The Hall–Kier alpha value is -1.27. The topological polar surface area (TPSA) is 61.4 Å². The lowest BCUT2D eigenvalue weighted by molar-refractivity contribution is 0.499. The highest BCUT2D eigenvalue weighted by Gasteiger charge is 2.27. The summed E-state index contributed by atoms with van der Waals surface area (Å²) in [6.07, 6.45) is 4.12. The lowest BCUT2D eigenvalue weighted by Gasteiger charge is -2.23. The van der Waals surface area contributed by atoms with Gasteiger partial charge in [-0.25, -0.2) is 8.42 Å². The molecule has 1 atom stereocenters. The Morgan fingerprint density at radius 3 is 2.43 bits per heavy atom. The third kappa shape index (κ3) is 3.49. The van der Waals surface area contributed by atoms with Crippen LogP contribution in [0.3, 0.4) is 0 Å². The quantitative estimate of drug-likeness (QED) is 0.890. The minimum atomic E-state index is -3.29. The maximum atomic E-state index is 12.3. The second kappa shape index (κ2) is 6.23. The monoisotopic (exact) mass is 309 g/mol. The van der Waals surface area contributed by atoms with E-state index in [0.717, 1.165) is 32.5 Å². The Kier molecular flexibility index (Phi) is 4.35. The summed E-state index contributed by atoms with van der Waals surface area (Å²) in [4.78, 5) is 2.34. The smallest absolute Gasteiger partial charge is 0.236 e. The van der Waals surface area contributed by atoms with Crippen LogP contribution in [0.4, 0.5) is 11.4 Å². The number of sulfonamides is 1. The first-order valence-corrected chi connectivity index (χ1v) is 9.27. The minimum Gasteiger partial charge on any atom is -0.372 e. The number of piperidine rings is 1. The molecule has 0 spiro atoms. The fraction of sp³-hybridized carbons (Fsp3) is 0.600. The number of hydrogen-bond acceptors (Lipinski definition) is 4. The summed E-state index contributed by atoms with van der Waals surface area (Å²) in [5.74, 6) is 0. The first-order valence-electron chi connectivity index (χ1n) is 7.72. The summed E-state index contributed by atoms with van der Waals surface area (Å²) < 4.78 is 27.4. The molecular weight excluding hydrogens is 286 g/mol. The molecule has 2 heterocycles. The molecule has 0 amide bonds. The zero-order valence-corrected chi connectivity index (χ0v) is 13.0. The largest absolute Gasteiger partial charge is 0.372 e. The predicted octanol–water partition coefficient (Wildman–Crippen LogP) is 1.78. The second-order valence-electron chi connectivity index (χ2n) is 5.86. The Balaban J connectivity index is 1.66. The van der Waals surface area contributed by atoms with E-state index in [1.54, 1.807) is 0 Å². The maximum Gasteiger partial charge on any atom is 0.236 e. The second-order valence-corrected chi connectivity index (χ2v) is 7.82. The van der Waals surface area contributed by atoms with E-state index in [1.165, 1.54) is 18.5 Å². The molecule has 1 aromatic carbocycles. The van der Waals surface area contributed by atoms with Crippen LogP contribution in [-0.2, 0) is 10.0 Å². The van der Waals surface area contributed by atoms with Crippen molar-refractivity contribution in [3.8, 4) is 0 Å². The maximum absolute atomic E-state index is 12.3. The average Bonchev–Trinajstić information content (AvgIpc) is 3.03. The summed E-state index contributed by atoms with van der Waals surface area (Å²) in [5.41, 5.74) is 1.83. The van der Waals surface area contributed by atoms with Crippen molar-refractivity contribution in [1.29, 1.82) is 0 Å². The third-order valence-electron chi connectivity index (χ3n) is 4.29. The van der Waals surface area contributed by atoms with E-state index in [2.05, 4.69) is 14.9 Å². The Bertz CT molecular complexity index is 559. The van der Waals surface area contributed by atoms with Gasteiger partial charge in [-0.2, -0.15) is 0 Å². The molecule has 2 saturated heterocycles. The lowest BCUT2D eigenvalue weighted by atomic mass is 10.2. The molecule has 0 aliphatic carbocycles. The van der Waals surface area contributed by atoms with Crippen LogP contribution in [0.2, 0.25) is 0 Å². The third-order valence-corrected chi connectivity index (χ3v) is 6.09. The zero-order chi connectivity index (χ0) is 14.7. The van der Waals surface area contributed by atoms with Gasteiger partial charge in [-0.15, -0.1) is 0 Å². The summed E-state index contributed by atoms with van der Waals surface area (Å²) in [6, 6.07) is 7.73. The van der Waals surface area contributed by atoms with Crippen LogP contribution in [-0.4, -0.2) is 39.8 Å². The van der Waals surface area contributed by atoms with Crippen LogP contribution in [0.25, 0.3) is 0 Å². The number of rotatable bonds is 4. The van der Waals surface area contributed by atoms with Gasteiger partial charge in [0.25, 0.3) is 0 Å². The van der Waals surface area contributed by atoms with Crippen molar-refractivity contribution in [2.24, 2.45) is 0 Å². The van der Waals surface area contributed by atoms with E-state index in [1.807, 2.05) is 24.3 Å². The van der Waals surface area contributed by atoms with Gasteiger partial charge < -0.3 is 10.2 Å². The summed E-state index contributed by atoms with van der Waals surface area (Å²) >= 11 is 0. The molecule has 2 aliphatic rings. The standard InChI is InChI=1S/C15H23N3O2S/c19-21(20,15-4-3-9-16-12-15)17-13-5-7-14(8-6-13)18-10-1-2-11-18/h5-8,15-17H,1-4,9-12H2. The van der Waals surface area contributed by atoms with Crippen molar-refractivity contribution in [2.45, 2.75) is 30.9 Å². The van der Waals surface area contributed by atoms with Gasteiger partial charge in [-0.05, 0) is 56.5 Å². The zero-order valence-electron chi connectivity index (χ0n) is 12.2. The highest BCUT2D eigenvalue weighted by atomic mass is 32.2. The van der Waals surface area contributed by atoms with Gasteiger partial charge in [0.2, 0.25) is 10.0 Å². The van der Waals surface area contributed by atoms with Gasteiger partial charge in [-0.3, -0.25) is 4.72 Å². The number of nitrogens with one attached hydrogen (secondary N) is 2. The van der Waals surface area contributed by atoms with E-state index in [-0.39, 0.29) is 5.25 Å². The molecular formula is C15H23N3O2S. The normalized spacial score (nSPS) is 23.2. The SMILES string of the molecule is O=S(=O)(Nc1ccc(N2CCCC2)cc1)C1CCCNC1. The number of hydrogen-bond donors (Lipinski definition) is 2. The van der Waals surface area contributed by atoms with Crippen molar-refractivity contribution in [3.63, 3.8) is 0 Å². The van der Waals surface area contributed by atoms with Crippen LogP contribution in [0, 0.1) is 0 Å². The molecule has 0 saturated carbocycles. The van der Waals surface area contributed by atoms with Crippen LogP contribution in [0.1, 0.15) is 25.7 Å². The molecule has 6 heteroatoms. The van der Waals surface area contributed by atoms with Gasteiger partial charge in [0.15, 0.2) is 0 Å². The molecule has 21 heavy (non-hydrogen) atoms. The van der Waals surface area contributed by atoms with Crippen molar-refractivity contribution >= 4 is 21.4 Å². The van der Waals surface area contributed by atoms with E-state index >= 15 is 0 Å². The summed E-state index contributed by atoms with van der Waals surface area (Å²) in [5, 5.41) is 2.82. The molecule has 3 rings (SSSR count). The molecule has 1 aromatic rings. The first kappa shape index (κ1) is 14.7. The Labute approximate surface area is 126 Å². The average molecular weight is 309 g/mol. The molecule has 2 fully saturated rings. The van der Waals surface area contributed by atoms with Crippen molar-refractivity contribution in [2.75, 3.05) is 35.8 Å². The Morgan fingerprint density at radius 1 is 1.10 bits per heavy atom. The Morgan fingerprint density at radius 2 is 1.81 bits per heavy atom. The van der Waals surface area contributed by atoms with E-state index in [4.69, 9.17) is 0 Å².